The van der Waals surface area contributed by atoms with Gasteiger partial charge in [0.25, 0.3) is 0 Å². The second-order valence-electron chi connectivity index (χ2n) is 6.62. The lowest BCUT2D eigenvalue weighted by Crippen LogP contribution is -2.45. The Hall–Kier alpha value is -0.570. The van der Waals surface area contributed by atoms with E-state index in [0.717, 1.165) is 12.3 Å². The van der Waals surface area contributed by atoms with E-state index in [2.05, 4.69) is 44.8 Å². The summed E-state index contributed by atoms with van der Waals surface area (Å²) in [5.41, 5.74) is 0. The van der Waals surface area contributed by atoms with Crippen LogP contribution in [0.2, 0.25) is 0 Å². The van der Waals surface area contributed by atoms with Gasteiger partial charge in [-0.05, 0) is 37.5 Å². The van der Waals surface area contributed by atoms with E-state index < -0.39 is 0 Å². The van der Waals surface area contributed by atoms with Crippen LogP contribution in [0.25, 0.3) is 0 Å². The van der Waals surface area contributed by atoms with Gasteiger partial charge in [0.05, 0.1) is 12.2 Å². The number of nitrogens with one attached hydrogen (secondary N) is 1. The molecule has 19 heavy (non-hydrogen) atoms. The minimum atomic E-state index is 0.0351. The third kappa shape index (κ3) is 2.54. The van der Waals surface area contributed by atoms with Crippen LogP contribution in [-0.4, -0.2) is 29.1 Å². The quantitative estimate of drug-likeness (QED) is 0.848. The first-order chi connectivity index (χ1) is 9.01. The predicted octanol–water partition coefficient (Wildman–Crippen LogP) is 3.00. The van der Waals surface area contributed by atoms with Crippen molar-refractivity contribution in [2.75, 3.05) is 0 Å². The van der Waals surface area contributed by atoms with Gasteiger partial charge in [-0.25, -0.2) is 0 Å². The smallest absolute Gasteiger partial charge is 0.241 e. The van der Waals surface area contributed by atoms with Gasteiger partial charge in [0.15, 0.2) is 0 Å². The van der Waals surface area contributed by atoms with Gasteiger partial charge in [-0.2, -0.15) is 0 Å². The summed E-state index contributed by atoms with van der Waals surface area (Å²) in [6.45, 7) is 11.1. The van der Waals surface area contributed by atoms with Gasteiger partial charge in [0, 0.05) is 6.04 Å². The summed E-state index contributed by atoms with van der Waals surface area (Å²) in [5, 5.41) is 3.51. The molecule has 2 rings (SSSR count). The Morgan fingerprint density at radius 2 is 2.00 bits per heavy atom. The van der Waals surface area contributed by atoms with Crippen molar-refractivity contribution in [2.24, 2.45) is 17.8 Å². The number of hydrogen-bond donors (Lipinski definition) is 1. The molecule has 2 aliphatic rings. The van der Waals surface area contributed by atoms with Gasteiger partial charge >= 0.3 is 0 Å². The highest BCUT2D eigenvalue weighted by Crippen LogP contribution is 2.39. The fourth-order valence-corrected chi connectivity index (χ4v) is 4.05. The maximum atomic E-state index is 12.7. The van der Waals surface area contributed by atoms with E-state index >= 15 is 0 Å². The molecule has 110 valence electrons. The normalized spacial score (nSPS) is 41.0. The Morgan fingerprint density at radius 1 is 1.32 bits per heavy atom. The van der Waals surface area contributed by atoms with Crippen molar-refractivity contribution in [3.05, 3.63) is 0 Å². The number of rotatable bonds is 4. The molecule has 6 unspecified atom stereocenters. The van der Waals surface area contributed by atoms with Crippen LogP contribution in [0.3, 0.4) is 0 Å². The Labute approximate surface area is 118 Å². The number of carbonyl (C=O) groups excluding carboxylic acids is 1. The summed E-state index contributed by atoms with van der Waals surface area (Å²) in [6.07, 6.45) is 4.98. The van der Waals surface area contributed by atoms with E-state index in [1.54, 1.807) is 0 Å². The minimum absolute atomic E-state index is 0.0351. The first-order valence-electron chi connectivity index (χ1n) is 8.09. The van der Waals surface area contributed by atoms with Gasteiger partial charge in [0.1, 0.15) is 0 Å². The molecule has 0 aromatic carbocycles. The highest BCUT2D eigenvalue weighted by molar-refractivity contribution is 5.85. The highest BCUT2D eigenvalue weighted by atomic mass is 16.2. The monoisotopic (exact) mass is 266 g/mol. The molecule has 2 fully saturated rings. The van der Waals surface area contributed by atoms with Crippen molar-refractivity contribution >= 4 is 5.91 Å². The third-order valence-electron chi connectivity index (χ3n) is 5.64. The molecule has 0 aromatic rings. The van der Waals surface area contributed by atoms with E-state index in [1.807, 2.05) is 0 Å². The lowest BCUT2D eigenvalue weighted by Gasteiger charge is -2.32. The van der Waals surface area contributed by atoms with Crippen molar-refractivity contribution in [2.45, 2.75) is 78.6 Å². The van der Waals surface area contributed by atoms with Crippen LogP contribution >= 0.6 is 0 Å². The Bertz CT molecular complexity index is 331. The summed E-state index contributed by atoms with van der Waals surface area (Å²) in [6, 6.07) is 0.488. The fraction of sp³-hybridized carbons (Fsp3) is 0.938. The van der Waals surface area contributed by atoms with Gasteiger partial charge in [-0.15, -0.1) is 0 Å². The van der Waals surface area contributed by atoms with E-state index in [4.69, 9.17) is 0 Å². The highest BCUT2D eigenvalue weighted by Gasteiger charge is 2.46. The number of amides is 1. The minimum Gasteiger partial charge on any atom is -0.323 e. The third-order valence-corrected chi connectivity index (χ3v) is 5.64. The summed E-state index contributed by atoms with van der Waals surface area (Å²) in [7, 11) is 0. The largest absolute Gasteiger partial charge is 0.323 e. The average molecular weight is 266 g/mol. The standard InChI is InChI=1S/C16H30N2O/c1-6-10(3)15-16(19)18(12(5)17-15)14-9-8-13(7-2)11(14)4/h10-15,17H,6-9H2,1-5H3. The van der Waals surface area contributed by atoms with Crippen LogP contribution in [0.5, 0.6) is 0 Å². The lowest BCUT2D eigenvalue weighted by atomic mass is 9.92. The van der Waals surface area contributed by atoms with E-state index in [-0.39, 0.29) is 12.2 Å². The Balaban J connectivity index is 2.11. The molecule has 0 bridgehead atoms. The molecule has 0 aromatic heterocycles. The van der Waals surface area contributed by atoms with E-state index in [0.29, 0.717) is 23.8 Å². The first-order valence-corrected chi connectivity index (χ1v) is 8.09. The molecule has 3 nitrogen and oxygen atoms in total. The van der Waals surface area contributed by atoms with Gasteiger partial charge < -0.3 is 4.90 Å². The molecule has 0 radical (unpaired) electrons. The zero-order chi connectivity index (χ0) is 14.2. The molecule has 6 atom stereocenters. The zero-order valence-corrected chi connectivity index (χ0v) is 13.1. The maximum Gasteiger partial charge on any atom is 0.241 e. The molecular weight excluding hydrogens is 236 g/mol. The average Bonchev–Trinajstić information content (AvgIpc) is 2.89. The van der Waals surface area contributed by atoms with Crippen LogP contribution in [0.15, 0.2) is 0 Å². The Morgan fingerprint density at radius 3 is 2.53 bits per heavy atom. The molecule has 1 aliphatic carbocycles. The fourth-order valence-electron chi connectivity index (χ4n) is 4.05. The molecule has 0 spiro atoms. The van der Waals surface area contributed by atoms with Crippen molar-refractivity contribution in [1.29, 1.82) is 0 Å². The second-order valence-corrected chi connectivity index (χ2v) is 6.62. The van der Waals surface area contributed by atoms with Gasteiger partial charge in [0.2, 0.25) is 5.91 Å². The molecular formula is C16H30N2O. The summed E-state index contributed by atoms with van der Waals surface area (Å²) >= 11 is 0. The molecule has 3 heteroatoms. The maximum absolute atomic E-state index is 12.7. The second kappa shape index (κ2) is 5.82. The van der Waals surface area contributed by atoms with Crippen molar-refractivity contribution in [3.63, 3.8) is 0 Å². The molecule has 1 heterocycles. The lowest BCUT2D eigenvalue weighted by molar-refractivity contribution is -0.133. The van der Waals surface area contributed by atoms with Crippen molar-refractivity contribution < 1.29 is 4.79 Å². The molecule has 1 aliphatic heterocycles. The van der Waals surface area contributed by atoms with Gasteiger partial charge in [-0.3, -0.25) is 10.1 Å². The molecule has 1 N–H and O–H groups in total. The molecule has 1 amide bonds. The van der Waals surface area contributed by atoms with Crippen LogP contribution < -0.4 is 5.32 Å². The SMILES string of the molecule is CCC(C)C1NC(C)N(C2CCC(CC)C2C)C1=O. The van der Waals surface area contributed by atoms with Crippen LogP contribution in [0, 0.1) is 17.8 Å². The summed E-state index contributed by atoms with van der Waals surface area (Å²) in [4.78, 5) is 14.9. The first kappa shape index (κ1) is 14.8. The van der Waals surface area contributed by atoms with Gasteiger partial charge in [-0.1, -0.05) is 40.5 Å². The molecule has 1 saturated heterocycles. The van der Waals surface area contributed by atoms with Crippen LogP contribution in [-0.2, 0) is 4.79 Å². The predicted molar refractivity (Wildman–Crippen MR) is 78.7 cm³/mol. The Kier molecular flexibility index (Phi) is 4.54. The van der Waals surface area contributed by atoms with Crippen LogP contribution in [0.1, 0.15) is 60.3 Å². The number of hydrogen-bond acceptors (Lipinski definition) is 2. The number of nitrogens with zero attached hydrogens (tertiary/aromatic N) is 1. The van der Waals surface area contributed by atoms with E-state index in [9.17, 15) is 4.79 Å². The van der Waals surface area contributed by atoms with Crippen molar-refractivity contribution in [3.8, 4) is 0 Å². The van der Waals surface area contributed by atoms with Crippen molar-refractivity contribution in [1.82, 2.24) is 10.2 Å². The summed E-state index contributed by atoms with van der Waals surface area (Å²) in [5.74, 6) is 2.22. The number of carbonyl (C=O) groups is 1. The summed E-state index contributed by atoms with van der Waals surface area (Å²) < 4.78 is 0. The zero-order valence-electron chi connectivity index (χ0n) is 13.1. The molecule has 1 saturated carbocycles. The van der Waals surface area contributed by atoms with Crippen LogP contribution in [0.4, 0.5) is 0 Å². The van der Waals surface area contributed by atoms with E-state index in [1.165, 1.54) is 19.3 Å². The topological polar surface area (TPSA) is 32.3 Å².